The number of fused-ring (bicyclic) bond motifs is 3. The van der Waals surface area contributed by atoms with Gasteiger partial charge < -0.3 is 0 Å². The number of rotatable bonds is 1. The topological polar surface area (TPSA) is 61.2 Å². The highest BCUT2D eigenvalue weighted by atomic mass is 16.2. The number of aryl methyl sites for hydroxylation is 2. The van der Waals surface area contributed by atoms with Gasteiger partial charge in [0.1, 0.15) is 5.65 Å². The van der Waals surface area contributed by atoms with E-state index in [9.17, 15) is 9.59 Å². The summed E-state index contributed by atoms with van der Waals surface area (Å²) in [5, 5.41) is 0.568. The standard InChI is InChI=1S/C21H20N4O2/c1-22-14-11-9-13(10-12-14)18-16-8-6-4-5-7-15(16)17-19(23-18)24(2)21(27)25(3)20(17)26/h9-12H,4-8H2,2-3H3. The molecule has 136 valence electrons. The van der Waals surface area contributed by atoms with E-state index in [1.807, 2.05) is 12.1 Å². The zero-order valence-corrected chi connectivity index (χ0v) is 15.5. The number of benzene rings is 1. The Labute approximate surface area is 156 Å². The third-order valence-corrected chi connectivity index (χ3v) is 5.43. The predicted octanol–water partition coefficient (Wildman–Crippen LogP) is 3.12. The molecular formula is C21H20N4O2. The number of pyridine rings is 1. The maximum atomic E-state index is 12.9. The van der Waals surface area contributed by atoms with E-state index in [1.54, 1.807) is 19.2 Å². The van der Waals surface area contributed by atoms with Gasteiger partial charge in [0.2, 0.25) is 0 Å². The molecular weight excluding hydrogens is 340 g/mol. The van der Waals surface area contributed by atoms with E-state index in [0.29, 0.717) is 16.7 Å². The van der Waals surface area contributed by atoms with Crippen molar-refractivity contribution in [2.45, 2.75) is 32.1 Å². The molecule has 0 saturated carbocycles. The van der Waals surface area contributed by atoms with Gasteiger partial charge >= 0.3 is 5.69 Å². The van der Waals surface area contributed by atoms with Crippen LogP contribution >= 0.6 is 0 Å². The van der Waals surface area contributed by atoms with Crippen LogP contribution in [0.3, 0.4) is 0 Å². The molecule has 2 aromatic heterocycles. The average Bonchev–Trinajstić information content (AvgIpc) is 2.95. The zero-order chi connectivity index (χ0) is 19.1. The third kappa shape index (κ3) is 2.67. The first-order valence-electron chi connectivity index (χ1n) is 9.12. The second-order valence-electron chi connectivity index (χ2n) is 7.04. The van der Waals surface area contributed by atoms with Crippen molar-refractivity contribution in [3.05, 3.63) is 67.6 Å². The molecule has 0 amide bonds. The Morgan fingerprint density at radius 3 is 2.30 bits per heavy atom. The van der Waals surface area contributed by atoms with Crippen molar-refractivity contribution in [1.82, 2.24) is 14.1 Å². The van der Waals surface area contributed by atoms with Crippen LogP contribution in [-0.4, -0.2) is 14.1 Å². The molecule has 0 unspecified atom stereocenters. The average molecular weight is 360 g/mol. The van der Waals surface area contributed by atoms with Gasteiger partial charge in [-0.15, -0.1) is 0 Å². The van der Waals surface area contributed by atoms with Gasteiger partial charge in [-0.25, -0.2) is 14.6 Å². The first kappa shape index (κ1) is 17.2. The van der Waals surface area contributed by atoms with Crippen molar-refractivity contribution < 1.29 is 0 Å². The lowest BCUT2D eigenvalue weighted by Gasteiger charge is -2.17. The Morgan fingerprint density at radius 1 is 0.963 bits per heavy atom. The third-order valence-electron chi connectivity index (χ3n) is 5.43. The summed E-state index contributed by atoms with van der Waals surface area (Å²) < 4.78 is 2.62. The maximum Gasteiger partial charge on any atom is 0.332 e. The molecule has 4 rings (SSSR count). The van der Waals surface area contributed by atoms with Crippen LogP contribution in [0.25, 0.3) is 27.1 Å². The summed E-state index contributed by atoms with van der Waals surface area (Å²) in [7, 11) is 3.18. The van der Waals surface area contributed by atoms with Crippen LogP contribution in [-0.2, 0) is 26.9 Å². The van der Waals surface area contributed by atoms with Gasteiger partial charge in [0, 0.05) is 14.1 Å². The molecule has 0 radical (unpaired) electrons. The molecule has 0 N–H and O–H groups in total. The molecule has 0 spiro atoms. The van der Waals surface area contributed by atoms with Crippen LogP contribution < -0.4 is 11.2 Å². The van der Waals surface area contributed by atoms with Crippen LogP contribution in [0.5, 0.6) is 0 Å². The van der Waals surface area contributed by atoms with Gasteiger partial charge in [-0.1, -0.05) is 30.7 Å². The van der Waals surface area contributed by atoms with Crippen LogP contribution in [0.1, 0.15) is 30.4 Å². The summed E-state index contributed by atoms with van der Waals surface area (Å²) in [6.45, 7) is 7.14. The molecule has 0 atom stereocenters. The minimum absolute atomic E-state index is 0.270. The van der Waals surface area contributed by atoms with Gasteiger partial charge in [0.25, 0.3) is 5.56 Å². The molecule has 6 heteroatoms. The number of aromatic nitrogens is 3. The molecule has 1 aromatic carbocycles. The van der Waals surface area contributed by atoms with Crippen LogP contribution in [0.15, 0.2) is 33.9 Å². The van der Waals surface area contributed by atoms with Crippen molar-refractivity contribution in [3.8, 4) is 11.3 Å². The van der Waals surface area contributed by atoms with Crippen molar-refractivity contribution >= 4 is 16.7 Å². The van der Waals surface area contributed by atoms with Crippen LogP contribution in [0, 0.1) is 6.57 Å². The summed E-state index contributed by atoms with van der Waals surface area (Å²) in [5.74, 6) is 0. The predicted molar refractivity (Wildman–Crippen MR) is 105 cm³/mol. The van der Waals surface area contributed by atoms with Crippen LogP contribution in [0.4, 0.5) is 5.69 Å². The zero-order valence-electron chi connectivity index (χ0n) is 15.5. The smallest absolute Gasteiger partial charge is 0.280 e. The van der Waals surface area contributed by atoms with Gasteiger partial charge in [0.05, 0.1) is 17.7 Å². The molecule has 1 aliphatic carbocycles. The molecule has 0 aliphatic heterocycles. The molecule has 27 heavy (non-hydrogen) atoms. The van der Waals surface area contributed by atoms with Crippen molar-refractivity contribution in [2.75, 3.05) is 0 Å². The van der Waals surface area contributed by atoms with E-state index < -0.39 is 0 Å². The first-order valence-corrected chi connectivity index (χ1v) is 9.12. The van der Waals surface area contributed by atoms with Crippen molar-refractivity contribution in [2.24, 2.45) is 14.1 Å². The fourth-order valence-corrected chi connectivity index (χ4v) is 3.95. The molecule has 3 aromatic rings. The monoisotopic (exact) mass is 360 g/mol. The van der Waals surface area contributed by atoms with Crippen molar-refractivity contribution in [3.63, 3.8) is 0 Å². The van der Waals surface area contributed by atoms with E-state index in [2.05, 4.69) is 4.85 Å². The second-order valence-corrected chi connectivity index (χ2v) is 7.04. The number of hydrogen-bond acceptors (Lipinski definition) is 3. The Morgan fingerprint density at radius 2 is 1.63 bits per heavy atom. The molecule has 0 bridgehead atoms. The van der Waals surface area contributed by atoms with E-state index in [1.165, 1.54) is 16.2 Å². The highest BCUT2D eigenvalue weighted by Gasteiger charge is 2.22. The SMILES string of the molecule is [C-]#[N+]c1ccc(-c2nc3c(c4c2CCCCC4)c(=O)n(C)c(=O)n3C)cc1. The lowest BCUT2D eigenvalue weighted by molar-refractivity contribution is 0.704. The Bertz CT molecular complexity index is 1210. The Balaban J connectivity index is 2.14. The quantitative estimate of drug-likeness (QED) is 0.495. The van der Waals surface area contributed by atoms with Gasteiger partial charge in [0.15, 0.2) is 5.69 Å². The normalized spacial score (nSPS) is 13.8. The summed E-state index contributed by atoms with van der Waals surface area (Å²) in [6.07, 6.45) is 4.87. The number of hydrogen-bond donors (Lipinski definition) is 0. The summed E-state index contributed by atoms with van der Waals surface area (Å²) in [5.41, 5.74) is 4.23. The highest BCUT2D eigenvalue weighted by molar-refractivity contribution is 5.85. The van der Waals surface area contributed by atoms with Crippen molar-refractivity contribution in [1.29, 1.82) is 0 Å². The molecule has 0 fully saturated rings. The van der Waals surface area contributed by atoms with Crippen LogP contribution in [0.2, 0.25) is 0 Å². The summed E-state index contributed by atoms with van der Waals surface area (Å²) in [6, 6.07) is 7.35. The van der Waals surface area contributed by atoms with E-state index >= 15 is 0 Å². The van der Waals surface area contributed by atoms with Gasteiger partial charge in [-0.05, 0) is 42.4 Å². The van der Waals surface area contributed by atoms with Gasteiger partial charge in [-0.2, -0.15) is 0 Å². The molecule has 6 nitrogen and oxygen atoms in total. The van der Waals surface area contributed by atoms with E-state index in [-0.39, 0.29) is 11.2 Å². The Kier molecular flexibility index (Phi) is 4.15. The fraction of sp³-hybridized carbons (Fsp3) is 0.333. The van der Waals surface area contributed by atoms with E-state index in [4.69, 9.17) is 11.6 Å². The molecule has 0 saturated heterocycles. The maximum absolute atomic E-state index is 12.9. The minimum atomic E-state index is -0.372. The lowest BCUT2D eigenvalue weighted by atomic mass is 9.95. The Hall–Kier alpha value is -3.20. The fourth-order valence-electron chi connectivity index (χ4n) is 3.95. The summed E-state index contributed by atoms with van der Waals surface area (Å²) in [4.78, 5) is 33.6. The lowest BCUT2D eigenvalue weighted by Crippen LogP contribution is -2.38. The highest BCUT2D eigenvalue weighted by Crippen LogP contribution is 2.33. The van der Waals surface area contributed by atoms with Gasteiger partial charge in [-0.3, -0.25) is 13.9 Å². The second kappa shape index (κ2) is 6.51. The minimum Gasteiger partial charge on any atom is -0.280 e. The largest absolute Gasteiger partial charge is 0.332 e. The van der Waals surface area contributed by atoms with E-state index in [0.717, 1.165) is 54.5 Å². The molecule has 2 heterocycles. The summed E-state index contributed by atoms with van der Waals surface area (Å²) >= 11 is 0. The first-order chi connectivity index (χ1) is 13.0. The molecule has 1 aliphatic rings. The number of nitrogens with zero attached hydrogens (tertiary/aromatic N) is 4.